The van der Waals surface area contributed by atoms with Gasteiger partial charge in [-0.1, -0.05) is 22.4 Å². The number of carbonyl (C=O) groups is 2. The molecule has 0 bridgehead atoms. The van der Waals surface area contributed by atoms with Crippen molar-refractivity contribution in [3.63, 3.8) is 0 Å². The van der Waals surface area contributed by atoms with Crippen molar-refractivity contribution < 1.29 is 28.5 Å². The molecule has 0 aliphatic rings. The number of benzene rings is 1. The van der Waals surface area contributed by atoms with Crippen molar-refractivity contribution in [3.8, 4) is 0 Å². The summed E-state index contributed by atoms with van der Waals surface area (Å²) in [4.78, 5) is 29.3. The van der Waals surface area contributed by atoms with Crippen LogP contribution in [0, 0.1) is 0 Å². The van der Waals surface area contributed by atoms with Gasteiger partial charge in [0.1, 0.15) is 5.78 Å². The molecule has 0 fully saturated rings. The molecule has 1 aromatic rings. The summed E-state index contributed by atoms with van der Waals surface area (Å²) in [5, 5.41) is 12.1. The Labute approximate surface area is 209 Å². The number of rotatable bonds is 22. The smallest absolute Gasteiger partial charge is 0.319 e. The number of hydrogen-bond acceptors (Lipinski definition) is 8. The minimum Gasteiger partial charge on any atom is -0.379 e. The number of Topliss-reactive ketones (excluding diaryl/α,β-unsaturated/α-hetero) is 1. The maximum Gasteiger partial charge on any atom is 0.319 e. The van der Waals surface area contributed by atoms with Crippen LogP contribution in [0.1, 0.15) is 18.4 Å². The normalized spacial score (nSPS) is 10.2. The lowest BCUT2D eigenvalue weighted by Gasteiger charge is -2.09. The lowest BCUT2D eigenvalue weighted by molar-refractivity contribution is -0.118. The molecule has 14 heteroatoms. The fourth-order valence-corrected chi connectivity index (χ4v) is 2.75. The van der Waals surface area contributed by atoms with E-state index in [4.69, 9.17) is 30.0 Å². The molecule has 0 heterocycles. The van der Waals surface area contributed by atoms with E-state index in [0.29, 0.717) is 90.9 Å². The number of ether oxygens (including phenoxy) is 4. The fourth-order valence-electron chi connectivity index (χ4n) is 2.75. The van der Waals surface area contributed by atoms with Gasteiger partial charge in [-0.05, 0) is 35.2 Å². The van der Waals surface area contributed by atoms with Crippen molar-refractivity contribution in [2.45, 2.75) is 19.3 Å². The van der Waals surface area contributed by atoms with E-state index < -0.39 is 0 Å². The van der Waals surface area contributed by atoms with Crippen LogP contribution >= 0.6 is 0 Å². The number of urea groups is 1. The molecule has 0 atom stereocenters. The van der Waals surface area contributed by atoms with E-state index in [9.17, 15) is 9.59 Å². The number of azide groups is 2. The Bertz CT molecular complexity index is 772. The molecular formula is C22H34N8O6. The van der Waals surface area contributed by atoms with E-state index in [2.05, 4.69) is 30.7 Å². The molecule has 0 aromatic heterocycles. The van der Waals surface area contributed by atoms with Crippen LogP contribution in [0.5, 0.6) is 0 Å². The molecular weight excluding hydrogens is 472 g/mol. The molecule has 0 aliphatic carbocycles. The third-order valence-electron chi connectivity index (χ3n) is 4.43. The van der Waals surface area contributed by atoms with Crippen LogP contribution in [0.3, 0.4) is 0 Å². The molecule has 0 aliphatic heterocycles. The lowest BCUT2D eigenvalue weighted by Crippen LogP contribution is -2.31. The minimum absolute atomic E-state index is 0.115. The first-order chi connectivity index (χ1) is 17.7. The number of anilines is 1. The molecule has 36 heavy (non-hydrogen) atoms. The van der Waals surface area contributed by atoms with Crippen LogP contribution in [0.25, 0.3) is 20.9 Å². The fraction of sp³-hybridized carbons (Fsp3) is 0.636. The van der Waals surface area contributed by atoms with Crippen LogP contribution < -0.4 is 10.6 Å². The summed E-state index contributed by atoms with van der Waals surface area (Å²) in [6.45, 7) is 4.04. The van der Waals surface area contributed by atoms with Gasteiger partial charge in [0.2, 0.25) is 0 Å². The van der Waals surface area contributed by atoms with Crippen molar-refractivity contribution in [2.24, 2.45) is 10.2 Å². The van der Waals surface area contributed by atoms with Crippen molar-refractivity contribution >= 4 is 17.5 Å². The highest BCUT2D eigenvalue weighted by Crippen LogP contribution is 2.11. The molecule has 0 spiro atoms. The summed E-state index contributed by atoms with van der Waals surface area (Å²) < 4.78 is 21.2. The Morgan fingerprint density at radius 1 is 0.778 bits per heavy atom. The molecule has 2 N–H and O–H groups in total. The van der Waals surface area contributed by atoms with Crippen molar-refractivity contribution in [2.75, 3.05) is 77.8 Å². The Morgan fingerprint density at radius 2 is 1.33 bits per heavy atom. The summed E-state index contributed by atoms with van der Waals surface area (Å²) in [5.41, 5.74) is 17.8. The zero-order chi connectivity index (χ0) is 26.1. The largest absolute Gasteiger partial charge is 0.379 e. The van der Waals surface area contributed by atoms with E-state index in [1.54, 1.807) is 12.1 Å². The SMILES string of the molecule is [N-]=[N+]=NCCOCCOCCCC(=O)Cc1ccc(NC(=O)NCCOCCOCCN=[N+]=[N-])cc1. The summed E-state index contributed by atoms with van der Waals surface area (Å²) in [7, 11) is 0. The van der Waals surface area contributed by atoms with Crippen LogP contribution in [-0.2, 0) is 30.2 Å². The summed E-state index contributed by atoms with van der Waals surface area (Å²) in [6.07, 6.45) is 1.37. The van der Waals surface area contributed by atoms with E-state index in [1.807, 2.05) is 12.1 Å². The number of hydrogen-bond donors (Lipinski definition) is 2. The first kappa shape index (κ1) is 30.7. The number of nitrogens with one attached hydrogen (secondary N) is 2. The third-order valence-corrected chi connectivity index (χ3v) is 4.43. The van der Waals surface area contributed by atoms with Crippen LogP contribution in [0.2, 0.25) is 0 Å². The van der Waals surface area contributed by atoms with Crippen LogP contribution in [-0.4, -0.2) is 84.3 Å². The van der Waals surface area contributed by atoms with E-state index in [1.165, 1.54) is 0 Å². The van der Waals surface area contributed by atoms with Gasteiger partial charge < -0.3 is 29.6 Å². The van der Waals surface area contributed by atoms with Gasteiger partial charge in [0, 0.05) is 54.6 Å². The maximum atomic E-state index is 12.1. The first-order valence-corrected chi connectivity index (χ1v) is 11.6. The molecule has 14 nitrogen and oxygen atoms in total. The lowest BCUT2D eigenvalue weighted by atomic mass is 10.1. The van der Waals surface area contributed by atoms with E-state index in [-0.39, 0.29) is 18.4 Å². The molecule has 2 amide bonds. The quantitative estimate of drug-likeness (QED) is 0.105. The minimum atomic E-state index is -0.353. The summed E-state index contributed by atoms with van der Waals surface area (Å²) >= 11 is 0. The zero-order valence-corrected chi connectivity index (χ0v) is 20.3. The second kappa shape index (κ2) is 22.1. The second-order valence-electron chi connectivity index (χ2n) is 7.26. The molecule has 0 radical (unpaired) electrons. The monoisotopic (exact) mass is 506 g/mol. The molecule has 1 rings (SSSR count). The van der Waals surface area contributed by atoms with Crippen LogP contribution in [0.15, 0.2) is 34.5 Å². The highest BCUT2D eigenvalue weighted by atomic mass is 16.5. The first-order valence-electron chi connectivity index (χ1n) is 11.6. The molecule has 0 saturated carbocycles. The summed E-state index contributed by atoms with van der Waals surface area (Å²) in [5.74, 6) is 0.115. The van der Waals surface area contributed by atoms with Crippen LogP contribution in [0.4, 0.5) is 10.5 Å². The van der Waals surface area contributed by atoms with Gasteiger partial charge in [-0.3, -0.25) is 4.79 Å². The number of nitrogens with zero attached hydrogens (tertiary/aromatic N) is 6. The molecule has 0 unspecified atom stereocenters. The van der Waals surface area contributed by atoms with Gasteiger partial charge >= 0.3 is 6.03 Å². The topological polar surface area (TPSA) is 193 Å². The number of ketones is 1. The van der Waals surface area contributed by atoms with Gasteiger partial charge in [0.25, 0.3) is 0 Å². The molecule has 0 saturated heterocycles. The average Bonchev–Trinajstić information content (AvgIpc) is 2.87. The van der Waals surface area contributed by atoms with Crippen molar-refractivity contribution in [3.05, 3.63) is 50.7 Å². The predicted molar refractivity (Wildman–Crippen MR) is 133 cm³/mol. The van der Waals surface area contributed by atoms with E-state index in [0.717, 1.165) is 5.56 Å². The van der Waals surface area contributed by atoms with Gasteiger partial charge in [0.15, 0.2) is 0 Å². The average molecular weight is 507 g/mol. The van der Waals surface area contributed by atoms with Crippen molar-refractivity contribution in [1.82, 2.24) is 5.32 Å². The van der Waals surface area contributed by atoms with Gasteiger partial charge in [0.05, 0.1) is 46.2 Å². The maximum absolute atomic E-state index is 12.1. The Hall–Kier alpha value is -3.38. The predicted octanol–water partition coefficient (Wildman–Crippen LogP) is 3.39. The van der Waals surface area contributed by atoms with Gasteiger partial charge in [-0.15, -0.1) is 0 Å². The Balaban J connectivity index is 2.06. The Kier molecular flexibility index (Phi) is 18.8. The molecule has 198 valence electrons. The Morgan fingerprint density at radius 3 is 1.92 bits per heavy atom. The highest BCUT2D eigenvalue weighted by Gasteiger charge is 2.06. The molecule has 1 aromatic carbocycles. The van der Waals surface area contributed by atoms with Crippen molar-refractivity contribution in [1.29, 1.82) is 0 Å². The van der Waals surface area contributed by atoms with E-state index >= 15 is 0 Å². The highest BCUT2D eigenvalue weighted by molar-refractivity contribution is 5.89. The van der Waals surface area contributed by atoms with Gasteiger partial charge in [-0.2, -0.15) is 0 Å². The number of carbonyl (C=O) groups excluding carboxylic acids is 2. The number of amides is 2. The summed E-state index contributed by atoms with van der Waals surface area (Å²) in [6, 6.07) is 6.76. The standard InChI is InChI=1S/C22H34N8O6/c23-29-26-8-12-35-15-14-33-10-1-2-21(31)18-19-3-5-20(6-4-19)28-22(32)25-7-11-34-16-17-36-13-9-27-30-24/h3-6H,1-2,7-18H2,(H2,25,28,32). The second-order valence-corrected chi connectivity index (χ2v) is 7.26. The van der Waals surface area contributed by atoms with Gasteiger partial charge in [-0.25, -0.2) is 4.79 Å². The zero-order valence-electron chi connectivity index (χ0n) is 20.3. The third kappa shape index (κ3) is 18.0.